The summed E-state index contributed by atoms with van der Waals surface area (Å²) in [7, 11) is 1.58. The van der Waals surface area contributed by atoms with Crippen molar-refractivity contribution in [3.05, 3.63) is 23.9 Å². The minimum absolute atomic E-state index is 0.0467. The van der Waals surface area contributed by atoms with E-state index in [1.165, 1.54) is 6.20 Å². The Bertz CT molecular complexity index is 633. The molecule has 0 radical (unpaired) electrons. The van der Waals surface area contributed by atoms with Gasteiger partial charge < -0.3 is 20.3 Å². The van der Waals surface area contributed by atoms with Crippen molar-refractivity contribution in [3.63, 3.8) is 0 Å². The summed E-state index contributed by atoms with van der Waals surface area (Å²) in [6.07, 6.45) is 1.86. The van der Waals surface area contributed by atoms with Crippen LogP contribution in [0.15, 0.2) is 22.9 Å². The van der Waals surface area contributed by atoms with E-state index in [1.807, 2.05) is 6.07 Å². The lowest BCUT2D eigenvalue weighted by Gasteiger charge is -2.09. The van der Waals surface area contributed by atoms with Crippen molar-refractivity contribution in [3.8, 4) is 16.9 Å². The van der Waals surface area contributed by atoms with Crippen LogP contribution in [0, 0.1) is 0 Å². The first-order valence-corrected chi connectivity index (χ1v) is 5.40. The van der Waals surface area contributed by atoms with Gasteiger partial charge in [0.2, 0.25) is 11.8 Å². The summed E-state index contributed by atoms with van der Waals surface area (Å²) in [4.78, 5) is 11.5. The molecule has 2 aromatic rings. The second-order valence-corrected chi connectivity index (χ2v) is 4.04. The van der Waals surface area contributed by atoms with Gasteiger partial charge in [0.1, 0.15) is 5.75 Å². The zero-order valence-electron chi connectivity index (χ0n) is 9.69. The van der Waals surface area contributed by atoms with Crippen molar-refractivity contribution in [1.82, 2.24) is 5.16 Å². The van der Waals surface area contributed by atoms with E-state index in [0.717, 1.165) is 16.8 Å². The summed E-state index contributed by atoms with van der Waals surface area (Å²) in [5.74, 6) is 0.835. The summed E-state index contributed by atoms with van der Waals surface area (Å²) in [5, 5.41) is 6.46. The first kappa shape index (κ1) is 10.6. The molecule has 6 nitrogen and oxygen atoms in total. The van der Waals surface area contributed by atoms with E-state index in [4.69, 9.17) is 15.0 Å². The average Bonchev–Trinajstić information content (AvgIpc) is 2.92. The number of fused-ring (bicyclic) bond motifs is 1. The van der Waals surface area contributed by atoms with Gasteiger partial charge in [-0.15, -0.1) is 0 Å². The van der Waals surface area contributed by atoms with Crippen molar-refractivity contribution in [2.45, 2.75) is 6.42 Å². The van der Waals surface area contributed by atoms with Crippen LogP contribution in [0.2, 0.25) is 0 Å². The van der Waals surface area contributed by atoms with Crippen LogP contribution < -0.4 is 15.8 Å². The number of nitrogen functional groups attached to an aromatic ring is 1. The predicted octanol–water partition coefficient (Wildman–Crippen LogP) is 1.43. The molecule has 1 aromatic heterocycles. The molecule has 0 bridgehead atoms. The van der Waals surface area contributed by atoms with Gasteiger partial charge in [0.15, 0.2) is 0 Å². The predicted molar refractivity (Wildman–Crippen MR) is 65.2 cm³/mol. The third kappa shape index (κ3) is 1.50. The number of methoxy groups -OCH3 is 1. The molecule has 3 rings (SSSR count). The van der Waals surface area contributed by atoms with Crippen LogP contribution in [0.4, 0.5) is 11.6 Å². The normalized spacial score (nSPS) is 13.3. The molecule has 1 aliphatic heterocycles. The van der Waals surface area contributed by atoms with Gasteiger partial charge >= 0.3 is 0 Å². The molecule has 1 aliphatic rings. The van der Waals surface area contributed by atoms with Gasteiger partial charge in [-0.05, 0) is 17.7 Å². The molecule has 3 N–H and O–H groups in total. The maximum Gasteiger partial charge on any atom is 0.230 e. The van der Waals surface area contributed by atoms with E-state index in [2.05, 4.69) is 10.5 Å². The van der Waals surface area contributed by atoms with Crippen LogP contribution in [0.3, 0.4) is 0 Å². The molecule has 6 heteroatoms. The summed E-state index contributed by atoms with van der Waals surface area (Å²) in [6, 6.07) is 3.63. The third-order valence-corrected chi connectivity index (χ3v) is 2.93. The number of carbonyl (C=O) groups is 1. The Morgan fingerprint density at radius 2 is 2.28 bits per heavy atom. The molecule has 0 spiro atoms. The highest BCUT2D eigenvalue weighted by molar-refractivity contribution is 6.04. The quantitative estimate of drug-likeness (QED) is 0.835. The number of rotatable bonds is 2. The molecule has 0 saturated carbocycles. The lowest BCUT2D eigenvalue weighted by molar-refractivity contribution is -0.115. The standard InChI is InChI=1S/C12H11N3O3/c1-17-7-2-6-3-10(16)15-11(6)8(4-7)9-5-14-18-12(9)13/h2,4-5H,3,13H2,1H3,(H,15,16). The molecule has 0 saturated heterocycles. The third-order valence-electron chi connectivity index (χ3n) is 2.93. The molecule has 1 aromatic carbocycles. The number of hydrogen-bond acceptors (Lipinski definition) is 5. The summed E-state index contributed by atoms with van der Waals surface area (Å²) in [5.41, 5.74) is 8.74. The Hall–Kier alpha value is -2.50. The average molecular weight is 245 g/mol. The van der Waals surface area contributed by atoms with Crippen molar-refractivity contribution >= 4 is 17.5 Å². The van der Waals surface area contributed by atoms with Crippen LogP contribution in [0.25, 0.3) is 11.1 Å². The maximum absolute atomic E-state index is 11.5. The first-order valence-electron chi connectivity index (χ1n) is 5.40. The smallest absolute Gasteiger partial charge is 0.230 e. The number of nitrogens with two attached hydrogens (primary N) is 1. The van der Waals surface area contributed by atoms with E-state index < -0.39 is 0 Å². The van der Waals surface area contributed by atoms with Gasteiger partial charge in [0.25, 0.3) is 0 Å². The van der Waals surface area contributed by atoms with Crippen molar-refractivity contribution in [1.29, 1.82) is 0 Å². The molecule has 0 aliphatic carbocycles. The highest BCUT2D eigenvalue weighted by Gasteiger charge is 2.24. The van der Waals surface area contributed by atoms with Crippen LogP contribution in [0.1, 0.15) is 5.56 Å². The number of nitrogens with one attached hydrogen (secondary N) is 1. The Balaban J connectivity index is 2.23. The highest BCUT2D eigenvalue weighted by Crippen LogP contribution is 2.40. The van der Waals surface area contributed by atoms with E-state index in [-0.39, 0.29) is 11.8 Å². The monoisotopic (exact) mass is 245 g/mol. The topological polar surface area (TPSA) is 90.4 Å². The molecule has 0 atom stereocenters. The second kappa shape index (κ2) is 3.76. The summed E-state index contributed by atoms with van der Waals surface area (Å²) >= 11 is 0. The van der Waals surface area contributed by atoms with Crippen molar-refractivity contribution in [2.24, 2.45) is 0 Å². The molecule has 0 unspecified atom stereocenters. The molecular formula is C12H11N3O3. The second-order valence-electron chi connectivity index (χ2n) is 4.04. The van der Waals surface area contributed by atoms with Crippen molar-refractivity contribution in [2.75, 3.05) is 18.2 Å². The lowest BCUT2D eigenvalue weighted by Crippen LogP contribution is -2.04. The number of hydrogen-bond donors (Lipinski definition) is 2. The minimum atomic E-state index is -0.0467. The lowest BCUT2D eigenvalue weighted by atomic mass is 10.0. The zero-order valence-corrected chi connectivity index (χ0v) is 9.69. The number of benzene rings is 1. The highest BCUT2D eigenvalue weighted by atomic mass is 16.5. The maximum atomic E-state index is 11.5. The van der Waals surface area contributed by atoms with Crippen LogP contribution >= 0.6 is 0 Å². The number of carbonyl (C=O) groups excluding carboxylic acids is 1. The fraction of sp³-hybridized carbons (Fsp3) is 0.167. The fourth-order valence-electron chi connectivity index (χ4n) is 2.10. The Labute approximate surface area is 103 Å². The molecule has 92 valence electrons. The van der Waals surface area contributed by atoms with Crippen LogP contribution in [-0.4, -0.2) is 18.2 Å². The molecule has 2 heterocycles. The van der Waals surface area contributed by atoms with Gasteiger partial charge in [-0.25, -0.2) is 0 Å². The molecule has 18 heavy (non-hydrogen) atoms. The molecule has 0 fully saturated rings. The van der Waals surface area contributed by atoms with Gasteiger partial charge in [0.05, 0.1) is 31.0 Å². The minimum Gasteiger partial charge on any atom is -0.497 e. The molecule has 1 amide bonds. The van der Waals surface area contributed by atoms with E-state index >= 15 is 0 Å². The van der Waals surface area contributed by atoms with Crippen LogP contribution in [-0.2, 0) is 11.2 Å². The number of anilines is 2. The van der Waals surface area contributed by atoms with Gasteiger partial charge in [-0.3, -0.25) is 4.79 Å². The van der Waals surface area contributed by atoms with E-state index in [9.17, 15) is 4.79 Å². The number of nitrogens with zero attached hydrogens (tertiary/aromatic N) is 1. The van der Waals surface area contributed by atoms with Crippen molar-refractivity contribution < 1.29 is 14.1 Å². The summed E-state index contributed by atoms with van der Waals surface area (Å²) in [6.45, 7) is 0. The van der Waals surface area contributed by atoms with E-state index in [0.29, 0.717) is 17.7 Å². The number of ether oxygens (including phenoxy) is 1. The van der Waals surface area contributed by atoms with Crippen LogP contribution in [0.5, 0.6) is 5.75 Å². The fourth-order valence-corrected chi connectivity index (χ4v) is 2.10. The van der Waals surface area contributed by atoms with Gasteiger partial charge in [-0.1, -0.05) is 5.16 Å². The number of aromatic nitrogens is 1. The zero-order chi connectivity index (χ0) is 12.7. The summed E-state index contributed by atoms with van der Waals surface area (Å²) < 4.78 is 10.1. The largest absolute Gasteiger partial charge is 0.497 e. The number of amides is 1. The Kier molecular flexibility index (Phi) is 2.22. The van der Waals surface area contributed by atoms with Gasteiger partial charge in [-0.2, -0.15) is 0 Å². The Morgan fingerprint density at radius 3 is 2.94 bits per heavy atom. The molecular weight excluding hydrogens is 234 g/mol. The van der Waals surface area contributed by atoms with E-state index in [1.54, 1.807) is 13.2 Å². The Morgan fingerprint density at radius 1 is 1.44 bits per heavy atom. The van der Waals surface area contributed by atoms with Gasteiger partial charge in [0, 0.05) is 5.56 Å². The first-order chi connectivity index (χ1) is 8.69. The SMILES string of the molecule is COc1cc2c(c(-c3cnoc3N)c1)NC(=O)C2.